The molecule has 2 N–H and O–H groups in total. The second-order valence-corrected chi connectivity index (χ2v) is 8.74. The molecular formula is C26H24N4O4S. The molecule has 1 heterocycles. The Morgan fingerprint density at radius 1 is 0.914 bits per heavy atom. The molecule has 0 saturated heterocycles. The van der Waals surface area contributed by atoms with Gasteiger partial charge >= 0.3 is 0 Å². The summed E-state index contributed by atoms with van der Waals surface area (Å²) in [5, 5.41) is 14.4. The zero-order valence-corrected chi connectivity index (χ0v) is 20.1. The summed E-state index contributed by atoms with van der Waals surface area (Å²) in [6.07, 6.45) is 0. The molecule has 0 aliphatic rings. The van der Waals surface area contributed by atoms with Crippen LogP contribution in [0.15, 0.2) is 72.8 Å². The van der Waals surface area contributed by atoms with Gasteiger partial charge in [0.15, 0.2) is 5.01 Å². The molecule has 0 spiro atoms. The lowest BCUT2D eigenvalue weighted by molar-refractivity contribution is 0.0949. The van der Waals surface area contributed by atoms with Crippen molar-refractivity contribution in [2.24, 2.45) is 0 Å². The van der Waals surface area contributed by atoms with Crippen molar-refractivity contribution in [1.82, 2.24) is 15.5 Å². The molecule has 0 unspecified atom stereocenters. The van der Waals surface area contributed by atoms with Crippen LogP contribution in [0.1, 0.15) is 36.3 Å². The Kier molecular flexibility index (Phi) is 7.69. The Labute approximate surface area is 206 Å². The van der Waals surface area contributed by atoms with Gasteiger partial charge in [0.05, 0.1) is 7.11 Å². The molecule has 2 amide bonds. The average molecular weight is 489 g/mol. The first-order valence-electron chi connectivity index (χ1n) is 10.8. The lowest BCUT2D eigenvalue weighted by Crippen LogP contribution is -2.23. The van der Waals surface area contributed by atoms with Gasteiger partial charge in [-0.1, -0.05) is 41.7 Å². The number of carbonyl (C=O) groups is 2. The van der Waals surface area contributed by atoms with E-state index in [0.29, 0.717) is 22.8 Å². The van der Waals surface area contributed by atoms with Crippen molar-refractivity contribution in [1.29, 1.82) is 0 Å². The quantitative estimate of drug-likeness (QED) is 0.357. The Bertz CT molecular complexity index is 1340. The smallest absolute Gasteiger partial charge is 0.286 e. The zero-order valence-electron chi connectivity index (χ0n) is 19.3. The number of aromatic nitrogens is 2. The number of benzene rings is 3. The SMILES string of the molecule is COc1cccc(CNC(=O)c2cccc(NC(=O)c3nnc(COc4cccc(C)c4)s3)c2)c1. The summed E-state index contributed by atoms with van der Waals surface area (Å²) in [4.78, 5) is 25.2. The number of hydrogen-bond donors (Lipinski definition) is 2. The number of hydrogen-bond acceptors (Lipinski definition) is 7. The second-order valence-electron chi connectivity index (χ2n) is 7.68. The minimum atomic E-state index is -0.404. The number of nitrogens with one attached hydrogen (secondary N) is 2. The molecule has 0 bridgehead atoms. The maximum absolute atomic E-state index is 12.6. The first kappa shape index (κ1) is 23.9. The highest BCUT2D eigenvalue weighted by molar-refractivity contribution is 7.13. The predicted molar refractivity (Wildman–Crippen MR) is 134 cm³/mol. The Balaban J connectivity index is 1.33. The van der Waals surface area contributed by atoms with Crippen LogP contribution in [0, 0.1) is 6.92 Å². The number of amides is 2. The maximum atomic E-state index is 12.6. The number of methoxy groups -OCH3 is 1. The highest BCUT2D eigenvalue weighted by Crippen LogP contribution is 2.18. The highest BCUT2D eigenvalue weighted by Gasteiger charge is 2.15. The van der Waals surface area contributed by atoms with E-state index in [9.17, 15) is 9.59 Å². The van der Waals surface area contributed by atoms with E-state index in [0.717, 1.165) is 34.0 Å². The Hall–Kier alpha value is -4.24. The van der Waals surface area contributed by atoms with Crippen molar-refractivity contribution in [3.63, 3.8) is 0 Å². The monoisotopic (exact) mass is 488 g/mol. The summed E-state index contributed by atoms with van der Waals surface area (Å²) < 4.78 is 10.9. The molecule has 1 aromatic heterocycles. The molecule has 8 nitrogen and oxygen atoms in total. The number of carbonyl (C=O) groups excluding carboxylic acids is 2. The van der Waals surface area contributed by atoms with Crippen molar-refractivity contribution in [2.45, 2.75) is 20.1 Å². The van der Waals surface area contributed by atoms with Gasteiger partial charge in [-0.15, -0.1) is 10.2 Å². The summed E-state index contributed by atoms with van der Waals surface area (Å²) in [7, 11) is 1.60. The van der Waals surface area contributed by atoms with E-state index >= 15 is 0 Å². The third kappa shape index (κ3) is 6.64. The van der Waals surface area contributed by atoms with Crippen LogP contribution in [0.3, 0.4) is 0 Å². The summed E-state index contributed by atoms with van der Waals surface area (Å²) in [5.41, 5.74) is 2.92. The van der Waals surface area contributed by atoms with Crippen LogP contribution < -0.4 is 20.1 Å². The molecule has 35 heavy (non-hydrogen) atoms. The first-order valence-corrected chi connectivity index (χ1v) is 11.7. The van der Waals surface area contributed by atoms with Crippen LogP contribution in [-0.2, 0) is 13.2 Å². The fourth-order valence-electron chi connectivity index (χ4n) is 3.24. The molecule has 4 aromatic rings. The molecule has 0 fully saturated rings. The Morgan fingerprint density at radius 3 is 2.54 bits per heavy atom. The van der Waals surface area contributed by atoms with E-state index in [1.165, 1.54) is 0 Å². The molecule has 3 aromatic carbocycles. The number of rotatable bonds is 9. The van der Waals surface area contributed by atoms with Gasteiger partial charge < -0.3 is 20.1 Å². The fraction of sp³-hybridized carbons (Fsp3) is 0.154. The van der Waals surface area contributed by atoms with Gasteiger partial charge in [0, 0.05) is 17.8 Å². The van der Waals surface area contributed by atoms with Crippen LogP contribution in [0.2, 0.25) is 0 Å². The van der Waals surface area contributed by atoms with Gasteiger partial charge in [0.25, 0.3) is 11.8 Å². The van der Waals surface area contributed by atoms with E-state index < -0.39 is 5.91 Å². The minimum absolute atomic E-state index is 0.209. The number of aryl methyl sites for hydroxylation is 1. The van der Waals surface area contributed by atoms with Gasteiger partial charge in [-0.25, -0.2) is 0 Å². The molecule has 0 atom stereocenters. The molecule has 0 saturated carbocycles. The van der Waals surface area contributed by atoms with Gasteiger partial charge in [-0.2, -0.15) is 0 Å². The van der Waals surface area contributed by atoms with Crippen molar-refractivity contribution in [2.75, 3.05) is 12.4 Å². The van der Waals surface area contributed by atoms with Gasteiger partial charge in [-0.3, -0.25) is 9.59 Å². The van der Waals surface area contributed by atoms with Gasteiger partial charge in [0.2, 0.25) is 5.01 Å². The predicted octanol–water partition coefficient (Wildman–Crippen LogP) is 4.62. The highest BCUT2D eigenvalue weighted by atomic mass is 32.1. The van der Waals surface area contributed by atoms with Gasteiger partial charge in [0.1, 0.15) is 18.1 Å². The van der Waals surface area contributed by atoms with Crippen LogP contribution in [-0.4, -0.2) is 29.1 Å². The molecule has 4 rings (SSSR count). The van der Waals surface area contributed by atoms with E-state index in [1.54, 1.807) is 31.4 Å². The molecule has 9 heteroatoms. The number of ether oxygens (including phenoxy) is 2. The van der Waals surface area contributed by atoms with Gasteiger partial charge in [-0.05, 0) is 60.5 Å². The molecule has 178 valence electrons. The van der Waals surface area contributed by atoms with Crippen molar-refractivity contribution in [3.8, 4) is 11.5 Å². The maximum Gasteiger partial charge on any atom is 0.286 e. The lowest BCUT2D eigenvalue weighted by Gasteiger charge is -2.09. The van der Waals surface area contributed by atoms with Crippen LogP contribution in [0.5, 0.6) is 11.5 Å². The van der Waals surface area contributed by atoms with E-state index in [2.05, 4.69) is 20.8 Å². The third-order valence-electron chi connectivity index (χ3n) is 4.98. The normalized spacial score (nSPS) is 10.5. The molecule has 0 aliphatic heterocycles. The summed E-state index contributed by atoms with van der Waals surface area (Å²) in [6.45, 7) is 2.56. The number of nitrogens with zero attached hydrogens (tertiary/aromatic N) is 2. The second kappa shape index (κ2) is 11.3. The number of anilines is 1. The van der Waals surface area contributed by atoms with Crippen LogP contribution in [0.25, 0.3) is 0 Å². The fourth-order valence-corrected chi connectivity index (χ4v) is 3.89. The zero-order chi connectivity index (χ0) is 24.6. The minimum Gasteiger partial charge on any atom is -0.497 e. The standard InChI is InChI=1S/C26H24N4O4S/c1-17-6-3-11-22(12-17)34-16-23-29-30-26(35-23)25(32)28-20-9-5-8-19(14-20)24(31)27-15-18-7-4-10-21(13-18)33-2/h3-14H,15-16H2,1-2H3,(H,27,31)(H,28,32). The summed E-state index contributed by atoms with van der Waals surface area (Å²) in [5.74, 6) is 0.796. The topological polar surface area (TPSA) is 102 Å². The van der Waals surface area contributed by atoms with Crippen LogP contribution >= 0.6 is 11.3 Å². The van der Waals surface area contributed by atoms with Crippen molar-refractivity contribution < 1.29 is 19.1 Å². The van der Waals surface area contributed by atoms with E-state index in [-0.39, 0.29) is 17.5 Å². The molecule has 0 aliphatic carbocycles. The third-order valence-corrected chi connectivity index (χ3v) is 5.88. The molecule has 0 radical (unpaired) electrons. The average Bonchev–Trinajstić information content (AvgIpc) is 3.36. The van der Waals surface area contributed by atoms with E-state index in [4.69, 9.17) is 9.47 Å². The van der Waals surface area contributed by atoms with E-state index in [1.807, 2.05) is 55.5 Å². The first-order chi connectivity index (χ1) is 17.0. The van der Waals surface area contributed by atoms with Crippen molar-refractivity contribution in [3.05, 3.63) is 99.5 Å². The summed E-state index contributed by atoms with van der Waals surface area (Å²) in [6, 6.07) is 21.9. The van der Waals surface area contributed by atoms with Crippen molar-refractivity contribution >= 4 is 28.8 Å². The Morgan fingerprint density at radius 2 is 1.71 bits per heavy atom. The van der Waals surface area contributed by atoms with Crippen LogP contribution in [0.4, 0.5) is 5.69 Å². The summed E-state index contributed by atoms with van der Waals surface area (Å²) >= 11 is 1.15. The largest absolute Gasteiger partial charge is 0.497 e. The lowest BCUT2D eigenvalue weighted by atomic mass is 10.1. The molecular weight excluding hydrogens is 464 g/mol.